The van der Waals surface area contributed by atoms with E-state index in [4.69, 9.17) is 4.74 Å². The number of piperidine rings is 1. The number of hydrogen-bond acceptors (Lipinski definition) is 4. The molecule has 144 valence electrons. The summed E-state index contributed by atoms with van der Waals surface area (Å²) in [6.07, 6.45) is 3.05. The molecule has 0 saturated carbocycles. The largest absolute Gasteiger partial charge is 0.495 e. The van der Waals surface area contributed by atoms with Gasteiger partial charge in [-0.1, -0.05) is 28.1 Å². The Hall–Kier alpha value is -2.06. The zero-order valence-corrected chi connectivity index (χ0v) is 17.3. The van der Waals surface area contributed by atoms with Crippen molar-refractivity contribution in [3.63, 3.8) is 0 Å². The Labute approximate surface area is 167 Å². The number of likely N-dealkylation sites (tertiary alicyclic amines) is 1. The first kappa shape index (κ1) is 19.7. The van der Waals surface area contributed by atoms with E-state index >= 15 is 0 Å². The minimum atomic E-state index is -3.94. The molecule has 0 spiro atoms. The molecule has 6 nitrogen and oxygen atoms in total. The molecule has 1 aliphatic heterocycles. The minimum absolute atomic E-state index is 0.000371. The van der Waals surface area contributed by atoms with E-state index in [1.54, 1.807) is 41.3 Å². The third kappa shape index (κ3) is 4.44. The zero-order valence-electron chi connectivity index (χ0n) is 14.9. The second-order valence-corrected chi connectivity index (χ2v) is 8.87. The predicted molar refractivity (Wildman–Crippen MR) is 108 cm³/mol. The molecule has 2 aromatic carbocycles. The second-order valence-electron chi connectivity index (χ2n) is 6.30. The number of amides is 1. The average Bonchev–Trinajstić information content (AvgIpc) is 2.68. The van der Waals surface area contributed by atoms with E-state index < -0.39 is 10.0 Å². The maximum Gasteiger partial charge on any atom is 0.265 e. The molecule has 0 aliphatic carbocycles. The first-order chi connectivity index (χ1) is 12.9. The Morgan fingerprint density at radius 2 is 1.81 bits per heavy atom. The third-order valence-electron chi connectivity index (χ3n) is 4.46. The van der Waals surface area contributed by atoms with Crippen molar-refractivity contribution in [2.45, 2.75) is 24.2 Å². The number of hydrogen-bond donors (Lipinski definition) is 1. The standard InChI is InChI=1S/C19H21BrN2O4S/c1-26-17-10-9-14(20)13-18(17)27(24,25)21-16-8-4-3-7-15(16)19(23)22-11-5-2-6-12-22/h3-4,7-10,13,21H,2,5-6,11-12H2,1H3. The molecular formula is C19H21BrN2O4S. The van der Waals surface area contributed by atoms with Gasteiger partial charge in [0.25, 0.3) is 15.9 Å². The number of para-hydroxylation sites is 1. The van der Waals surface area contributed by atoms with Crippen LogP contribution >= 0.6 is 15.9 Å². The number of halogens is 1. The Balaban J connectivity index is 1.94. The molecule has 1 heterocycles. The van der Waals surface area contributed by atoms with E-state index in [1.165, 1.54) is 13.2 Å². The lowest BCUT2D eigenvalue weighted by Gasteiger charge is -2.27. The van der Waals surface area contributed by atoms with Gasteiger partial charge >= 0.3 is 0 Å². The van der Waals surface area contributed by atoms with Gasteiger partial charge in [0.2, 0.25) is 0 Å². The number of nitrogens with zero attached hydrogens (tertiary/aromatic N) is 1. The van der Waals surface area contributed by atoms with Gasteiger partial charge in [-0.3, -0.25) is 9.52 Å². The number of rotatable bonds is 5. The molecule has 0 aromatic heterocycles. The first-order valence-corrected chi connectivity index (χ1v) is 10.9. The van der Waals surface area contributed by atoms with Crippen LogP contribution in [0.2, 0.25) is 0 Å². The fourth-order valence-corrected chi connectivity index (χ4v) is 4.87. The number of nitrogens with one attached hydrogen (secondary N) is 1. The van der Waals surface area contributed by atoms with E-state index in [1.807, 2.05) is 0 Å². The zero-order chi connectivity index (χ0) is 19.4. The molecule has 1 saturated heterocycles. The number of sulfonamides is 1. The Kier molecular flexibility index (Phi) is 6.06. The van der Waals surface area contributed by atoms with Gasteiger partial charge in [0, 0.05) is 17.6 Å². The molecule has 3 rings (SSSR count). The van der Waals surface area contributed by atoms with Crippen molar-refractivity contribution in [3.05, 3.63) is 52.5 Å². The summed E-state index contributed by atoms with van der Waals surface area (Å²) in [6.45, 7) is 1.39. The fourth-order valence-electron chi connectivity index (χ4n) is 3.09. The normalized spacial score (nSPS) is 14.7. The summed E-state index contributed by atoms with van der Waals surface area (Å²) < 4.78 is 34.2. The van der Waals surface area contributed by atoms with E-state index in [2.05, 4.69) is 20.7 Å². The number of carbonyl (C=O) groups excluding carboxylic acids is 1. The molecule has 1 fully saturated rings. The molecule has 0 unspecified atom stereocenters. The molecular weight excluding hydrogens is 432 g/mol. The van der Waals surface area contributed by atoms with E-state index in [-0.39, 0.29) is 22.2 Å². The number of methoxy groups -OCH3 is 1. The summed E-state index contributed by atoms with van der Waals surface area (Å²) in [5, 5.41) is 0. The highest BCUT2D eigenvalue weighted by Crippen LogP contribution is 2.30. The lowest BCUT2D eigenvalue weighted by atomic mass is 10.1. The minimum Gasteiger partial charge on any atom is -0.495 e. The summed E-state index contributed by atoms with van der Waals surface area (Å²) >= 11 is 3.28. The van der Waals surface area contributed by atoms with E-state index in [0.29, 0.717) is 23.1 Å². The quantitative estimate of drug-likeness (QED) is 0.746. The average molecular weight is 453 g/mol. The fraction of sp³-hybridized carbons (Fsp3) is 0.316. The van der Waals surface area contributed by atoms with Crippen LogP contribution in [0.25, 0.3) is 0 Å². The van der Waals surface area contributed by atoms with Crippen LogP contribution in [-0.4, -0.2) is 39.4 Å². The number of anilines is 1. The molecule has 8 heteroatoms. The maximum atomic E-state index is 12.9. The third-order valence-corrected chi connectivity index (χ3v) is 6.34. The van der Waals surface area contributed by atoms with Gasteiger partial charge in [-0.2, -0.15) is 0 Å². The highest BCUT2D eigenvalue weighted by atomic mass is 79.9. The summed E-state index contributed by atoms with van der Waals surface area (Å²) in [5.41, 5.74) is 0.604. The summed E-state index contributed by atoms with van der Waals surface area (Å²) in [6, 6.07) is 11.4. The Morgan fingerprint density at radius 1 is 1.11 bits per heavy atom. The lowest BCUT2D eigenvalue weighted by Crippen LogP contribution is -2.36. The van der Waals surface area contributed by atoms with Crippen LogP contribution in [0.5, 0.6) is 5.75 Å². The second kappa shape index (κ2) is 8.31. The number of carbonyl (C=O) groups is 1. The number of benzene rings is 2. The van der Waals surface area contributed by atoms with E-state index in [9.17, 15) is 13.2 Å². The highest BCUT2D eigenvalue weighted by molar-refractivity contribution is 9.10. The molecule has 1 N–H and O–H groups in total. The smallest absolute Gasteiger partial charge is 0.265 e. The predicted octanol–water partition coefficient (Wildman–Crippen LogP) is 3.88. The summed E-state index contributed by atoms with van der Waals surface area (Å²) in [7, 11) is -2.53. The molecule has 1 amide bonds. The van der Waals surface area contributed by atoms with Gasteiger partial charge in [-0.05, 0) is 49.6 Å². The Morgan fingerprint density at radius 3 is 2.52 bits per heavy atom. The van der Waals surface area contributed by atoms with Crippen molar-refractivity contribution in [1.82, 2.24) is 4.90 Å². The van der Waals surface area contributed by atoms with Crippen LogP contribution in [-0.2, 0) is 10.0 Å². The Bertz CT molecular complexity index is 940. The van der Waals surface area contributed by atoms with Crippen molar-refractivity contribution in [2.24, 2.45) is 0 Å². The molecule has 0 bridgehead atoms. The SMILES string of the molecule is COc1ccc(Br)cc1S(=O)(=O)Nc1ccccc1C(=O)N1CCCCC1. The van der Waals surface area contributed by atoms with Crippen LogP contribution < -0.4 is 9.46 Å². The summed E-state index contributed by atoms with van der Waals surface area (Å²) in [4.78, 5) is 14.7. The van der Waals surface area contributed by atoms with E-state index in [0.717, 1.165) is 19.3 Å². The van der Waals surface area contributed by atoms with Crippen LogP contribution in [0, 0.1) is 0 Å². The van der Waals surface area contributed by atoms with Gasteiger partial charge < -0.3 is 9.64 Å². The van der Waals surface area contributed by atoms with Gasteiger partial charge in [0.1, 0.15) is 10.6 Å². The van der Waals surface area contributed by atoms with Crippen molar-refractivity contribution >= 4 is 37.5 Å². The molecule has 0 radical (unpaired) electrons. The topological polar surface area (TPSA) is 75.7 Å². The van der Waals surface area contributed by atoms with Crippen LogP contribution in [0.15, 0.2) is 51.8 Å². The van der Waals surface area contributed by atoms with Crippen LogP contribution in [0.1, 0.15) is 29.6 Å². The summed E-state index contributed by atoms with van der Waals surface area (Å²) in [5.74, 6) is 0.0692. The van der Waals surface area contributed by atoms with Crippen molar-refractivity contribution in [3.8, 4) is 5.75 Å². The van der Waals surface area contributed by atoms with Crippen molar-refractivity contribution < 1.29 is 17.9 Å². The van der Waals surface area contributed by atoms with Gasteiger partial charge in [0.05, 0.1) is 18.4 Å². The maximum absolute atomic E-state index is 12.9. The van der Waals surface area contributed by atoms with Crippen molar-refractivity contribution in [2.75, 3.05) is 24.9 Å². The van der Waals surface area contributed by atoms with Gasteiger partial charge in [0.15, 0.2) is 0 Å². The van der Waals surface area contributed by atoms with Gasteiger partial charge in [-0.15, -0.1) is 0 Å². The molecule has 0 atom stereocenters. The molecule has 1 aliphatic rings. The van der Waals surface area contributed by atoms with Crippen molar-refractivity contribution in [1.29, 1.82) is 0 Å². The molecule has 2 aromatic rings. The van der Waals surface area contributed by atoms with Crippen LogP contribution in [0.3, 0.4) is 0 Å². The highest BCUT2D eigenvalue weighted by Gasteiger charge is 2.25. The monoisotopic (exact) mass is 452 g/mol. The first-order valence-electron chi connectivity index (χ1n) is 8.67. The lowest BCUT2D eigenvalue weighted by molar-refractivity contribution is 0.0725. The van der Waals surface area contributed by atoms with Gasteiger partial charge in [-0.25, -0.2) is 8.42 Å². The number of ether oxygens (including phenoxy) is 1. The van der Waals surface area contributed by atoms with Crippen LogP contribution in [0.4, 0.5) is 5.69 Å². The molecule has 27 heavy (non-hydrogen) atoms.